The highest BCUT2D eigenvalue weighted by molar-refractivity contribution is 6.33. The maximum absolute atomic E-state index is 14.0. The van der Waals surface area contributed by atoms with Gasteiger partial charge < -0.3 is 10.4 Å². The first-order valence-electron chi connectivity index (χ1n) is 6.78. The summed E-state index contributed by atoms with van der Waals surface area (Å²) in [7, 11) is 0. The van der Waals surface area contributed by atoms with Gasteiger partial charge in [-0.3, -0.25) is 4.79 Å². The number of anilines is 2. The van der Waals surface area contributed by atoms with Crippen LogP contribution in [0.5, 0.6) is 0 Å². The molecule has 0 atom stereocenters. The molecule has 104 valence electrons. The van der Waals surface area contributed by atoms with Crippen LogP contribution in [-0.4, -0.2) is 11.1 Å². The van der Waals surface area contributed by atoms with Gasteiger partial charge in [0.15, 0.2) is 1.41 Å². The fraction of sp³-hybridized carbons (Fsp3) is 0.133. The Bertz CT molecular complexity index is 692. The standard InChI is InChI=1S/C15H13ClFNO2/c1-9-5-6-13(10(7-9)8-14(19)20)18-15-11(16)3-2-4-12(15)17/h2-7,18H,8H2,1H3,(H,19,20)/i/hD2. The number of rotatable bonds is 4. The number of carboxylic acids is 1. The van der Waals surface area contributed by atoms with Crippen LogP contribution in [-0.2, 0) is 11.2 Å². The Morgan fingerprint density at radius 1 is 1.50 bits per heavy atom. The lowest BCUT2D eigenvalue weighted by molar-refractivity contribution is -0.136. The molecule has 0 bridgehead atoms. The molecule has 0 fully saturated rings. The zero-order valence-corrected chi connectivity index (χ0v) is 11.4. The molecule has 0 aliphatic rings. The summed E-state index contributed by atoms with van der Waals surface area (Å²) in [5, 5.41) is 4.84. The van der Waals surface area contributed by atoms with Crippen LogP contribution in [0.1, 0.15) is 11.1 Å². The zero-order valence-electron chi connectivity index (χ0n) is 12.7. The molecule has 0 spiro atoms. The highest BCUT2D eigenvalue weighted by atomic mass is 35.5. The topological polar surface area (TPSA) is 49.3 Å². The van der Waals surface area contributed by atoms with Gasteiger partial charge in [-0.05, 0) is 30.7 Å². The molecule has 0 aliphatic carbocycles. The van der Waals surface area contributed by atoms with Crippen molar-refractivity contribution in [3.05, 3.63) is 58.4 Å². The molecule has 0 heterocycles. The number of halogens is 2. The van der Waals surface area contributed by atoms with E-state index in [2.05, 4.69) is 5.11 Å². The van der Waals surface area contributed by atoms with Gasteiger partial charge in [-0.15, -0.1) is 0 Å². The van der Waals surface area contributed by atoms with Crippen molar-refractivity contribution >= 4 is 28.9 Å². The third-order valence-electron chi connectivity index (χ3n) is 2.74. The number of para-hydroxylation sites is 1. The maximum Gasteiger partial charge on any atom is 0.307 e. The van der Waals surface area contributed by atoms with Gasteiger partial charge >= 0.3 is 5.97 Å². The van der Waals surface area contributed by atoms with E-state index in [9.17, 15) is 9.18 Å². The van der Waals surface area contributed by atoms with E-state index in [0.717, 1.165) is 10.9 Å². The number of carboxylic acid groups (broad SMARTS) is 1. The molecule has 3 nitrogen and oxygen atoms in total. The Labute approximate surface area is 124 Å². The number of hydrogen-bond donors (Lipinski definition) is 2. The molecule has 5 heteroatoms. The largest absolute Gasteiger partial charge is 0.481 e. The fourth-order valence-electron chi connectivity index (χ4n) is 1.84. The van der Waals surface area contributed by atoms with Gasteiger partial charge in [0, 0.05) is 5.69 Å². The summed E-state index contributed by atoms with van der Waals surface area (Å²) in [6.45, 7) is 1.82. The summed E-state index contributed by atoms with van der Waals surface area (Å²) in [6, 6.07) is 9.14. The van der Waals surface area contributed by atoms with Crippen LogP contribution in [0, 0.1) is 12.7 Å². The lowest BCUT2D eigenvalue weighted by atomic mass is 10.1. The van der Waals surface area contributed by atoms with Crippen molar-refractivity contribution in [2.45, 2.75) is 13.3 Å². The molecule has 0 aromatic heterocycles. The van der Waals surface area contributed by atoms with Crippen LogP contribution in [0.25, 0.3) is 1.43 Å². The highest BCUT2D eigenvalue weighted by Gasteiger charge is 2.11. The summed E-state index contributed by atoms with van der Waals surface area (Å²) in [6.07, 6.45) is -0.192. The molecule has 0 saturated carbocycles. The minimum absolute atomic E-state index is 0.0876. The zero-order chi connectivity index (χ0) is 16.3. The second kappa shape index (κ2) is 5.92. The number of benzene rings is 2. The van der Waals surface area contributed by atoms with Crippen molar-refractivity contribution in [1.29, 1.82) is 1.43 Å². The number of carbonyl (C=O) groups is 1. The summed E-state index contributed by atoms with van der Waals surface area (Å²) < 4.78 is 28.7. The molecule has 2 aromatic carbocycles. The molecular formula is C15H13ClFNO2. The molecule has 0 amide bonds. The number of nitrogens with one attached hydrogen (secondary N) is 1. The summed E-state index contributed by atoms with van der Waals surface area (Å²) in [4.78, 5) is 11.3. The number of hydrogen-bond acceptors (Lipinski definition) is 3. The SMILES string of the molecule is [2H]OC(=O)Cc1cc(C)ccc1N([2H])c1c(F)cccc1Cl. The van der Waals surface area contributed by atoms with Gasteiger partial charge in [-0.25, -0.2) is 4.39 Å². The molecule has 0 saturated heterocycles. The van der Waals surface area contributed by atoms with Crippen molar-refractivity contribution in [3.63, 3.8) is 0 Å². The van der Waals surface area contributed by atoms with Crippen LogP contribution in [0.15, 0.2) is 36.4 Å². The highest BCUT2D eigenvalue weighted by Crippen LogP contribution is 2.30. The Hall–Kier alpha value is -2.07. The average molecular weight is 296 g/mol. The minimum Gasteiger partial charge on any atom is -0.481 e. The van der Waals surface area contributed by atoms with E-state index >= 15 is 0 Å². The molecule has 0 aliphatic heterocycles. The number of aliphatic carboxylic acids is 1. The van der Waals surface area contributed by atoms with E-state index < -0.39 is 11.8 Å². The first-order chi connectivity index (χ1) is 10.4. The second-order valence-electron chi connectivity index (χ2n) is 4.36. The Morgan fingerprint density at radius 2 is 2.30 bits per heavy atom. The van der Waals surface area contributed by atoms with Crippen LogP contribution in [0.3, 0.4) is 0 Å². The van der Waals surface area contributed by atoms with E-state index in [1.807, 2.05) is 6.92 Å². The smallest absolute Gasteiger partial charge is 0.307 e. The Kier molecular flexibility index (Phi) is 3.47. The molecule has 20 heavy (non-hydrogen) atoms. The van der Waals surface area contributed by atoms with Crippen LogP contribution < -0.4 is 5.31 Å². The minimum atomic E-state index is -0.764. The van der Waals surface area contributed by atoms with Gasteiger partial charge in [-0.1, -0.05) is 35.4 Å². The van der Waals surface area contributed by atoms with Gasteiger partial charge in [0.1, 0.15) is 5.82 Å². The van der Waals surface area contributed by atoms with Crippen molar-refractivity contribution < 1.29 is 15.7 Å². The quantitative estimate of drug-likeness (QED) is 0.890. The van der Waals surface area contributed by atoms with Crippen LogP contribution in [0.4, 0.5) is 15.8 Å². The Balaban J connectivity index is 2.49. The molecule has 2 N–H and O–H groups in total. The van der Waals surface area contributed by atoms with Crippen molar-refractivity contribution in [2.75, 3.05) is 5.31 Å². The summed E-state index contributed by atoms with van der Waals surface area (Å²) in [5.41, 5.74) is 1.51. The molecule has 2 aromatic rings. The van der Waals surface area contributed by atoms with E-state index in [0.29, 0.717) is 11.3 Å². The third kappa shape index (κ3) is 3.27. The normalized spacial score (nSPS) is 11.6. The molecule has 0 radical (unpaired) electrons. The first kappa shape index (κ1) is 11.7. The predicted molar refractivity (Wildman–Crippen MR) is 77.2 cm³/mol. The van der Waals surface area contributed by atoms with E-state index in [-0.39, 0.29) is 17.1 Å². The first-order valence-corrected chi connectivity index (χ1v) is 6.30. The maximum atomic E-state index is 14.0. The lowest BCUT2D eigenvalue weighted by Crippen LogP contribution is -2.05. The fourth-order valence-corrected chi connectivity index (χ4v) is 2.04. The Morgan fingerprint density at radius 3 is 3.00 bits per heavy atom. The molecule has 2 rings (SSSR count). The van der Waals surface area contributed by atoms with E-state index in [1.54, 1.807) is 18.2 Å². The third-order valence-corrected chi connectivity index (χ3v) is 3.04. The van der Waals surface area contributed by atoms with Crippen molar-refractivity contribution in [3.8, 4) is 0 Å². The van der Waals surface area contributed by atoms with Gasteiger partial charge in [0.2, 0.25) is 0 Å². The van der Waals surface area contributed by atoms with Crippen molar-refractivity contribution in [1.82, 2.24) is 0 Å². The number of aryl methyl sites for hydroxylation is 1. The average Bonchev–Trinajstić information content (AvgIpc) is 2.46. The lowest BCUT2D eigenvalue weighted by Gasteiger charge is -2.13. The molecule has 0 unspecified atom stereocenters. The molecular weight excluding hydrogens is 281 g/mol. The summed E-state index contributed by atoms with van der Waals surface area (Å²) in [5.74, 6) is -1.41. The van der Waals surface area contributed by atoms with Gasteiger partial charge in [0.05, 0.1) is 17.1 Å². The van der Waals surface area contributed by atoms with Crippen LogP contribution in [0.2, 0.25) is 6.43 Å². The summed E-state index contributed by atoms with van der Waals surface area (Å²) >= 11 is 5.97. The monoisotopic (exact) mass is 295 g/mol. The van der Waals surface area contributed by atoms with Crippen LogP contribution >= 0.6 is 11.6 Å². The predicted octanol–water partition coefficient (Wildman–Crippen LogP) is 4.16. The van der Waals surface area contributed by atoms with Gasteiger partial charge in [-0.2, -0.15) is 0 Å². The second-order valence-corrected chi connectivity index (χ2v) is 4.77. The van der Waals surface area contributed by atoms with E-state index in [4.69, 9.17) is 14.4 Å². The van der Waals surface area contributed by atoms with E-state index in [1.165, 1.54) is 18.2 Å². The van der Waals surface area contributed by atoms with Gasteiger partial charge in [0.25, 0.3) is 1.43 Å². The van der Waals surface area contributed by atoms with Crippen molar-refractivity contribution in [2.24, 2.45) is 0 Å².